The molecule has 0 aliphatic carbocycles. The van der Waals surface area contributed by atoms with E-state index in [1.165, 1.54) is 0 Å². The quantitative estimate of drug-likeness (QED) is 0.895. The normalized spacial score (nSPS) is 21.2. The standard InChI is InChI=1S/C14H18F2N2O2.ClH/c1-9(10-4-3-5-11(6-10)20-2)18-13(19)12-7-14(15,16)8-17-12;/h3-6,9,12,17H,7-8H2,1-2H3,(H,18,19);1H. The number of hydrogen-bond acceptors (Lipinski definition) is 3. The molecule has 21 heavy (non-hydrogen) atoms. The van der Waals surface area contributed by atoms with Crippen LogP contribution in [0.5, 0.6) is 5.75 Å². The first kappa shape index (κ1) is 17.7. The number of carbonyl (C=O) groups is 1. The molecule has 2 rings (SSSR count). The van der Waals surface area contributed by atoms with Crippen molar-refractivity contribution in [2.45, 2.75) is 31.4 Å². The molecule has 1 aliphatic heterocycles. The Labute approximate surface area is 128 Å². The van der Waals surface area contributed by atoms with E-state index in [0.29, 0.717) is 5.75 Å². The van der Waals surface area contributed by atoms with Crippen LogP contribution < -0.4 is 15.4 Å². The highest BCUT2D eigenvalue weighted by Gasteiger charge is 2.42. The van der Waals surface area contributed by atoms with Crippen LogP contribution in [0.1, 0.15) is 24.9 Å². The molecule has 1 saturated heterocycles. The van der Waals surface area contributed by atoms with Gasteiger partial charge in [0.1, 0.15) is 5.75 Å². The summed E-state index contributed by atoms with van der Waals surface area (Å²) in [5.41, 5.74) is 0.863. The molecule has 1 heterocycles. The summed E-state index contributed by atoms with van der Waals surface area (Å²) in [4.78, 5) is 11.9. The Morgan fingerprint density at radius 3 is 2.81 bits per heavy atom. The van der Waals surface area contributed by atoms with Crippen LogP contribution in [0.4, 0.5) is 8.78 Å². The monoisotopic (exact) mass is 320 g/mol. The number of halogens is 3. The fourth-order valence-corrected chi connectivity index (χ4v) is 2.21. The summed E-state index contributed by atoms with van der Waals surface area (Å²) >= 11 is 0. The summed E-state index contributed by atoms with van der Waals surface area (Å²) in [6.45, 7) is 1.36. The number of hydrogen-bond donors (Lipinski definition) is 2. The second-order valence-electron chi connectivity index (χ2n) is 5.00. The first-order chi connectivity index (χ1) is 9.41. The van der Waals surface area contributed by atoms with E-state index in [9.17, 15) is 13.6 Å². The zero-order chi connectivity index (χ0) is 14.8. The van der Waals surface area contributed by atoms with Crippen LogP contribution in [0.2, 0.25) is 0 Å². The van der Waals surface area contributed by atoms with Crippen molar-refractivity contribution in [3.63, 3.8) is 0 Å². The van der Waals surface area contributed by atoms with Gasteiger partial charge in [0, 0.05) is 6.42 Å². The maximum Gasteiger partial charge on any atom is 0.262 e. The molecule has 0 aromatic heterocycles. The lowest BCUT2D eigenvalue weighted by atomic mass is 10.1. The Morgan fingerprint density at radius 1 is 1.52 bits per heavy atom. The minimum absolute atomic E-state index is 0. The van der Waals surface area contributed by atoms with Gasteiger partial charge in [0.05, 0.1) is 25.7 Å². The minimum Gasteiger partial charge on any atom is -0.497 e. The molecule has 0 saturated carbocycles. The molecule has 0 bridgehead atoms. The number of rotatable bonds is 4. The first-order valence-electron chi connectivity index (χ1n) is 6.47. The molecule has 4 nitrogen and oxygen atoms in total. The lowest BCUT2D eigenvalue weighted by molar-refractivity contribution is -0.124. The summed E-state index contributed by atoms with van der Waals surface area (Å²) < 4.78 is 31.2. The Bertz CT molecular complexity index is 500. The molecule has 2 unspecified atom stereocenters. The predicted molar refractivity (Wildman–Crippen MR) is 78.2 cm³/mol. The smallest absolute Gasteiger partial charge is 0.262 e. The van der Waals surface area contributed by atoms with Gasteiger partial charge in [-0.1, -0.05) is 12.1 Å². The molecule has 1 fully saturated rings. The summed E-state index contributed by atoms with van der Waals surface area (Å²) in [5, 5.41) is 5.28. The van der Waals surface area contributed by atoms with Gasteiger partial charge < -0.3 is 10.1 Å². The molecular formula is C14H19ClF2N2O2. The highest BCUT2D eigenvalue weighted by Crippen LogP contribution is 2.26. The Kier molecular flexibility index (Phi) is 5.92. The van der Waals surface area contributed by atoms with Crippen molar-refractivity contribution >= 4 is 18.3 Å². The largest absolute Gasteiger partial charge is 0.497 e. The van der Waals surface area contributed by atoms with E-state index in [-0.39, 0.29) is 18.4 Å². The average Bonchev–Trinajstić information content (AvgIpc) is 2.79. The predicted octanol–water partition coefficient (Wildman–Crippen LogP) is 2.29. The van der Waals surface area contributed by atoms with Gasteiger partial charge in [0.25, 0.3) is 5.92 Å². The van der Waals surface area contributed by atoms with Gasteiger partial charge in [-0.3, -0.25) is 10.1 Å². The molecule has 2 N–H and O–H groups in total. The summed E-state index contributed by atoms with van der Waals surface area (Å²) in [6.07, 6.45) is -0.455. The molecule has 2 atom stereocenters. The number of alkyl halides is 2. The topological polar surface area (TPSA) is 50.4 Å². The molecule has 1 aromatic carbocycles. The molecule has 7 heteroatoms. The SMILES string of the molecule is COc1cccc(C(C)NC(=O)C2CC(F)(F)CN2)c1.Cl. The van der Waals surface area contributed by atoms with Gasteiger partial charge in [-0.15, -0.1) is 12.4 Å². The Morgan fingerprint density at radius 2 is 2.24 bits per heavy atom. The zero-order valence-electron chi connectivity index (χ0n) is 11.9. The fraction of sp³-hybridized carbons (Fsp3) is 0.500. The van der Waals surface area contributed by atoms with E-state index in [1.54, 1.807) is 20.1 Å². The van der Waals surface area contributed by atoms with Crippen molar-refractivity contribution in [3.05, 3.63) is 29.8 Å². The third kappa shape index (κ3) is 4.54. The molecule has 0 radical (unpaired) electrons. The second-order valence-corrected chi connectivity index (χ2v) is 5.00. The van der Waals surface area contributed by atoms with Gasteiger partial charge in [-0.05, 0) is 24.6 Å². The molecular weight excluding hydrogens is 302 g/mol. The van der Waals surface area contributed by atoms with Crippen LogP contribution in [0.3, 0.4) is 0 Å². The van der Waals surface area contributed by atoms with E-state index in [0.717, 1.165) is 5.56 Å². The second kappa shape index (κ2) is 7.04. The van der Waals surface area contributed by atoms with Crippen molar-refractivity contribution in [3.8, 4) is 5.75 Å². The van der Waals surface area contributed by atoms with Crippen LogP contribution in [0.15, 0.2) is 24.3 Å². The van der Waals surface area contributed by atoms with Gasteiger partial charge in [0.2, 0.25) is 5.91 Å². The number of benzene rings is 1. The van der Waals surface area contributed by atoms with Crippen LogP contribution >= 0.6 is 12.4 Å². The van der Waals surface area contributed by atoms with Crippen molar-refractivity contribution in [2.75, 3.05) is 13.7 Å². The number of carbonyl (C=O) groups excluding carboxylic acids is 1. The zero-order valence-corrected chi connectivity index (χ0v) is 12.7. The van der Waals surface area contributed by atoms with Gasteiger partial charge in [0.15, 0.2) is 0 Å². The van der Waals surface area contributed by atoms with Crippen LogP contribution in [0.25, 0.3) is 0 Å². The third-order valence-electron chi connectivity index (χ3n) is 3.38. The number of nitrogens with one attached hydrogen (secondary N) is 2. The lowest BCUT2D eigenvalue weighted by Crippen LogP contribution is -2.41. The molecule has 118 valence electrons. The fourth-order valence-electron chi connectivity index (χ4n) is 2.21. The van der Waals surface area contributed by atoms with Gasteiger partial charge in [-0.25, -0.2) is 8.78 Å². The summed E-state index contributed by atoms with van der Waals surface area (Å²) in [5.74, 6) is -2.52. The number of methoxy groups -OCH3 is 1. The van der Waals surface area contributed by atoms with E-state index in [4.69, 9.17) is 4.74 Å². The Balaban J connectivity index is 0.00000220. The van der Waals surface area contributed by atoms with E-state index in [1.807, 2.05) is 18.2 Å². The summed E-state index contributed by atoms with van der Waals surface area (Å²) in [7, 11) is 1.56. The average molecular weight is 321 g/mol. The van der Waals surface area contributed by atoms with Crippen molar-refractivity contribution in [2.24, 2.45) is 0 Å². The van der Waals surface area contributed by atoms with E-state index < -0.39 is 30.8 Å². The lowest BCUT2D eigenvalue weighted by Gasteiger charge is -2.18. The molecule has 1 aromatic rings. The van der Waals surface area contributed by atoms with Gasteiger partial charge in [-0.2, -0.15) is 0 Å². The minimum atomic E-state index is -2.80. The summed E-state index contributed by atoms with van der Waals surface area (Å²) in [6, 6.07) is 6.17. The maximum atomic E-state index is 13.1. The maximum absolute atomic E-state index is 13.1. The number of ether oxygens (including phenoxy) is 1. The van der Waals surface area contributed by atoms with Crippen molar-refractivity contribution in [1.29, 1.82) is 0 Å². The third-order valence-corrected chi connectivity index (χ3v) is 3.38. The molecule has 1 aliphatic rings. The Hall–Kier alpha value is -1.40. The molecule has 1 amide bonds. The van der Waals surface area contributed by atoms with Crippen LogP contribution in [-0.2, 0) is 4.79 Å². The molecule has 0 spiro atoms. The van der Waals surface area contributed by atoms with Crippen molar-refractivity contribution in [1.82, 2.24) is 10.6 Å². The van der Waals surface area contributed by atoms with E-state index >= 15 is 0 Å². The highest BCUT2D eigenvalue weighted by molar-refractivity contribution is 5.85. The van der Waals surface area contributed by atoms with Gasteiger partial charge >= 0.3 is 0 Å². The first-order valence-corrected chi connectivity index (χ1v) is 6.47. The van der Waals surface area contributed by atoms with Crippen molar-refractivity contribution < 1.29 is 18.3 Å². The highest BCUT2D eigenvalue weighted by atomic mass is 35.5. The van der Waals surface area contributed by atoms with Crippen LogP contribution in [-0.4, -0.2) is 31.5 Å². The number of amides is 1. The van der Waals surface area contributed by atoms with Crippen LogP contribution in [0, 0.1) is 0 Å². The van der Waals surface area contributed by atoms with E-state index in [2.05, 4.69) is 10.6 Å².